The fourth-order valence-corrected chi connectivity index (χ4v) is 3.83. The number of benzene rings is 1. The average Bonchev–Trinajstić information content (AvgIpc) is 2.87. The minimum absolute atomic E-state index is 0.0457. The van der Waals surface area contributed by atoms with E-state index in [0.29, 0.717) is 31.8 Å². The summed E-state index contributed by atoms with van der Waals surface area (Å²) in [7, 11) is 0. The first-order chi connectivity index (χ1) is 13.7. The number of hydrogen-bond donors (Lipinski definition) is 3. The van der Waals surface area contributed by atoms with Gasteiger partial charge in [-0.1, -0.05) is 64.3 Å². The molecule has 6 heteroatoms. The van der Waals surface area contributed by atoms with Gasteiger partial charge < -0.3 is 10.6 Å². The molecule has 0 radical (unpaired) electrons. The third-order valence-electron chi connectivity index (χ3n) is 5.31. The van der Waals surface area contributed by atoms with E-state index in [1.165, 1.54) is 17.7 Å². The topological polar surface area (TPSA) is 85.3 Å². The van der Waals surface area contributed by atoms with Crippen molar-refractivity contribution in [3.63, 3.8) is 0 Å². The smallest absolute Gasteiger partial charge is 0.255 e. The summed E-state index contributed by atoms with van der Waals surface area (Å²) in [5.41, 5.74) is 1.29. The van der Waals surface area contributed by atoms with Crippen molar-refractivity contribution in [1.29, 1.82) is 5.41 Å². The number of hydrogen-bond acceptors (Lipinski definition) is 3. The van der Waals surface area contributed by atoms with Crippen molar-refractivity contribution in [2.45, 2.75) is 84.8 Å². The third-order valence-corrected chi connectivity index (χ3v) is 5.31. The lowest BCUT2D eigenvalue weighted by Crippen LogP contribution is -2.44. The Hall–Kier alpha value is -2.37. The number of nitrogens with one attached hydrogen (secondary N) is 3. The average molecular weight is 401 g/mol. The Balaban J connectivity index is 1.85. The molecule has 1 atom stereocenters. The number of unbranched alkanes of at least 4 members (excludes halogenated alkanes) is 3. The van der Waals surface area contributed by atoms with Gasteiger partial charge in [-0.2, -0.15) is 0 Å². The molecular weight excluding hydrogens is 364 g/mol. The first kappa shape index (κ1) is 22.9. The zero-order valence-corrected chi connectivity index (χ0v) is 18.3. The Bertz CT molecular complexity index is 714. The summed E-state index contributed by atoms with van der Waals surface area (Å²) < 4.78 is 0. The van der Waals surface area contributed by atoms with Gasteiger partial charge in [0.1, 0.15) is 5.54 Å². The van der Waals surface area contributed by atoms with E-state index in [0.717, 1.165) is 24.0 Å². The highest BCUT2D eigenvalue weighted by atomic mass is 16.2. The SMILES string of the molecule is CCCCCCC(=O)NCc1ccc(CN2C(=N)NC(C)(CC(C)C)C2=O)cc1. The van der Waals surface area contributed by atoms with Gasteiger partial charge in [0.05, 0.1) is 6.54 Å². The van der Waals surface area contributed by atoms with Gasteiger partial charge in [-0.25, -0.2) is 0 Å². The number of carbonyl (C=O) groups is 2. The van der Waals surface area contributed by atoms with Crippen LogP contribution in [0, 0.1) is 11.3 Å². The van der Waals surface area contributed by atoms with Gasteiger partial charge in [-0.15, -0.1) is 0 Å². The van der Waals surface area contributed by atoms with Crippen LogP contribution < -0.4 is 10.6 Å². The van der Waals surface area contributed by atoms with Crippen LogP contribution in [0.15, 0.2) is 24.3 Å². The fourth-order valence-electron chi connectivity index (χ4n) is 3.83. The van der Waals surface area contributed by atoms with Crippen LogP contribution in [0.1, 0.15) is 77.3 Å². The Labute approximate surface area is 174 Å². The van der Waals surface area contributed by atoms with Crippen molar-refractivity contribution >= 4 is 17.8 Å². The van der Waals surface area contributed by atoms with E-state index in [-0.39, 0.29) is 17.8 Å². The summed E-state index contributed by atoms with van der Waals surface area (Å²) in [5.74, 6) is 0.579. The zero-order valence-electron chi connectivity index (χ0n) is 18.3. The van der Waals surface area contributed by atoms with Crippen molar-refractivity contribution in [1.82, 2.24) is 15.5 Å². The Kier molecular flexibility index (Phi) is 8.23. The molecule has 0 spiro atoms. The normalized spacial score (nSPS) is 19.0. The Morgan fingerprint density at radius 3 is 2.45 bits per heavy atom. The predicted molar refractivity (Wildman–Crippen MR) is 116 cm³/mol. The van der Waals surface area contributed by atoms with Gasteiger partial charge in [0.25, 0.3) is 5.91 Å². The maximum absolute atomic E-state index is 12.8. The maximum atomic E-state index is 12.8. The van der Waals surface area contributed by atoms with Crippen molar-refractivity contribution in [3.8, 4) is 0 Å². The van der Waals surface area contributed by atoms with Crippen LogP contribution in [0.5, 0.6) is 0 Å². The zero-order chi connectivity index (χ0) is 21.4. The molecule has 2 rings (SSSR count). The minimum Gasteiger partial charge on any atom is -0.352 e. The highest BCUT2D eigenvalue weighted by Gasteiger charge is 2.45. The molecule has 0 bridgehead atoms. The second-order valence-electron chi connectivity index (χ2n) is 8.70. The number of nitrogens with zero attached hydrogens (tertiary/aromatic N) is 1. The van der Waals surface area contributed by atoms with E-state index in [9.17, 15) is 9.59 Å². The molecule has 6 nitrogen and oxygen atoms in total. The number of amides is 2. The van der Waals surface area contributed by atoms with Crippen LogP contribution in [0.3, 0.4) is 0 Å². The molecule has 3 N–H and O–H groups in total. The molecule has 2 amide bonds. The van der Waals surface area contributed by atoms with E-state index in [4.69, 9.17) is 5.41 Å². The quantitative estimate of drug-likeness (QED) is 0.492. The molecule has 1 aliphatic heterocycles. The highest BCUT2D eigenvalue weighted by Crippen LogP contribution is 2.26. The van der Waals surface area contributed by atoms with Gasteiger partial charge in [-0.3, -0.25) is 19.9 Å². The minimum atomic E-state index is -0.702. The molecule has 1 heterocycles. The molecule has 1 aromatic carbocycles. The van der Waals surface area contributed by atoms with Gasteiger partial charge >= 0.3 is 0 Å². The maximum Gasteiger partial charge on any atom is 0.255 e. The lowest BCUT2D eigenvalue weighted by Gasteiger charge is -2.24. The van der Waals surface area contributed by atoms with Crippen molar-refractivity contribution in [2.24, 2.45) is 5.92 Å². The molecular formula is C23H36N4O2. The molecule has 1 fully saturated rings. The standard InChI is InChI=1S/C23H36N4O2/c1-5-6-7-8-9-20(28)25-15-18-10-12-19(13-11-18)16-27-21(29)23(4,14-17(2)3)26-22(27)24/h10-13,17H,5-9,14-16H2,1-4H3,(H2,24,26)(H,25,28). The molecule has 29 heavy (non-hydrogen) atoms. The lowest BCUT2D eigenvalue weighted by molar-refractivity contribution is -0.131. The Morgan fingerprint density at radius 1 is 1.17 bits per heavy atom. The Morgan fingerprint density at radius 2 is 1.83 bits per heavy atom. The summed E-state index contributed by atoms with van der Waals surface area (Å²) in [6, 6.07) is 7.86. The van der Waals surface area contributed by atoms with Crippen molar-refractivity contribution < 1.29 is 9.59 Å². The fraction of sp³-hybridized carbons (Fsp3) is 0.609. The van der Waals surface area contributed by atoms with Crippen LogP contribution >= 0.6 is 0 Å². The van der Waals surface area contributed by atoms with Gasteiger partial charge in [-0.05, 0) is 36.8 Å². The van der Waals surface area contributed by atoms with E-state index < -0.39 is 5.54 Å². The van der Waals surface area contributed by atoms with Crippen LogP contribution in [0.2, 0.25) is 0 Å². The van der Waals surface area contributed by atoms with E-state index in [1.807, 2.05) is 31.2 Å². The molecule has 1 unspecified atom stereocenters. The van der Waals surface area contributed by atoms with E-state index >= 15 is 0 Å². The molecule has 1 aliphatic rings. The largest absolute Gasteiger partial charge is 0.352 e. The summed E-state index contributed by atoms with van der Waals surface area (Å²) in [6.07, 6.45) is 5.68. The number of carbonyl (C=O) groups excluding carboxylic acids is 2. The molecule has 0 aromatic heterocycles. The molecule has 0 aliphatic carbocycles. The predicted octanol–water partition coefficient (Wildman–Crippen LogP) is 3.94. The molecule has 160 valence electrons. The summed E-state index contributed by atoms with van der Waals surface area (Å²) >= 11 is 0. The third kappa shape index (κ3) is 6.58. The van der Waals surface area contributed by atoms with Gasteiger partial charge in [0, 0.05) is 13.0 Å². The summed E-state index contributed by atoms with van der Waals surface area (Å²) in [4.78, 5) is 26.2. The van der Waals surface area contributed by atoms with Crippen LogP contribution in [-0.4, -0.2) is 28.2 Å². The van der Waals surface area contributed by atoms with E-state index in [1.54, 1.807) is 0 Å². The second-order valence-corrected chi connectivity index (χ2v) is 8.70. The molecule has 1 aromatic rings. The van der Waals surface area contributed by atoms with E-state index in [2.05, 4.69) is 31.4 Å². The van der Waals surface area contributed by atoms with Crippen molar-refractivity contribution in [2.75, 3.05) is 0 Å². The summed E-state index contributed by atoms with van der Waals surface area (Å²) in [6.45, 7) is 9.08. The first-order valence-electron chi connectivity index (χ1n) is 10.8. The van der Waals surface area contributed by atoms with Crippen LogP contribution in [-0.2, 0) is 22.7 Å². The highest BCUT2D eigenvalue weighted by molar-refractivity contribution is 6.07. The monoisotopic (exact) mass is 400 g/mol. The second kappa shape index (κ2) is 10.4. The number of rotatable bonds is 11. The summed E-state index contributed by atoms with van der Waals surface area (Å²) in [5, 5.41) is 14.2. The van der Waals surface area contributed by atoms with Crippen LogP contribution in [0.25, 0.3) is 0 Å². The molecule has 1 saturated heterocycles. The lowest BCUT2D eigenvalue weighted by atomic mass is 9.91. The van der Waals surface area contributed by atoms with Gasteiger partial charge in [0.2, 0.25) is 5.91 Å². The van der Waals surface area contributed by atoms with Gasteiger partial charge in [0.15, 0.2) is 5.96 Å². The van der Waals surface area contributed by atoms with Crippen molar-refractivity contribution in [3.05, 3.63) is 35.4 Å². The first-order valence-corrected chi connectivity index (χ1v) is 10.8. The van der Waals surface area contributed by atoms with Crippen LogP contribution in [0.4, 0.5) is 0 Å². The number of guanidine groups is 1. The molecule has 0 saturated carbocycles.